The summed E-state index contributed by atoms with van der Waals surface area (Å²) in [5.41, 5.74) is 0. The van der Waals surface area contributed by atoms with E-state index in [-0.39, 0.29) is 0 Å². The first kappa shape index (κ1) is 19.4. The number of rotatable bonds is 10. The van der Waals surface area contributed by atoms with Crippen LogP contribution in [0, 0.1) is 23.7 Å². The van der Waals surface area contributed by atoms with Gasteiger partial charge in [0.25, 0.3) is 0 Å². The van der Waals surface area contributed by atoms with Crippen molar-refractivity contribution in [1.29, 1.82) is 0 Å². The van der Waals surface area contributed by atoms with E-state index in [9.17, 15) is 0 Å². The fourth-order valence-corrected chi connectivity index (χ4v) is 12.9. The van der Waals surface area contributed by atoms with Gasteiger partial charge in [0, 0.05) is 0 Å². The maximum atomic E-state index is 4.26. The van der Waals surface area contributed by atoms with E-state index in [0.29, 0.717) is 0 Å². The molecule has 1 nitrogen and oxygen atoms in total. The van der Waals surface area contributed by atoms with E-state index in [1.807, 2.05) is 0 Å². The Kier molecular flexibility index (Phi) is 10.4. The third kappa shape index (κ3) is 11.9. The standard InChI is InChI=1S/C16H39NSi2/c1-13(2)9-18(10-14(3)4)17-19(11-15(5)6)12-16(7)8/h13-19H,9-12H2,1-8H3. The number of hydrogen-bond acceptors (Lipinski definition) is 1. The van der Waals surface area contributed by atoms with Gasteiger partial charge in [-0.3, -0.25) is 0 Å². The molecule has 1 N–H and O–H groups in total. The molecule has 3 heteroatoms. The van der Waals surface area contributed by atoms with Crippen LogP contribution in [0.25, 0.3) is 0 Å². The van der Waals surface area contributed by atoms with Gasteiger partial charge in [0.05, 0.1) is 0 Å². The van der Waals surface area contributed by atoms with E-state index in [4.69, 9.17) is 0 Å². The molecule has 0 saturated carbocycles. The molecule has 0 aliphatic heterocycles. The molecule has 0 aromatic heterocycles. The third-order valence-corrected chi connectivity index (χ3v) is 13.3. The van der Waals surface area contributed by atoms with Crippen LogP contribution in [0.15, 0.2) is 0 Å². The van der Waals surface area contributed by atoms with Gasteiger partial charge in [0.15, 0.2) is 0 Å². The monoisotopic (exact) mass is 301 g/mol. The van der Waals surface area contributed by atoms with Crippen molar-refractivity contribution in [2.75, 3.05) is 0 Å². The zero-order valence-electron chi connectivity index (χ0n) is 14.8. The summed E-state index contributed by atoms with van der Waals surface area (Å²) in [6, 6.07) is 5.94. The lowest BCUT2D eigenvalue weighted by Crippen LogP contribution is -2.47. The first-order valence-corrected chi connectivity index (χ1v) is 12.9. The Labute approximate surface area is 126 Å². The zero-order valence-corrected chi connectivity index (χ0v) is 17.1. The largest absolute Gasteiger partial charge is 0.364 e. The van der Waals surface area contributed by atoms with Crippen LogP contribution in [-0.4, -0.2) is 17.9 Å². The molecule has 0 aliphatic rings. The fourth-order valence-electron chi connectivity index (χ4n) is 3.07. The topological polar surface area (TPSA) is 12.0 Å². The molecule has 0 spiro atoms. The SMILES string of the molecule is CC(C)C[SiH](CC(C)C)N[SiH](CC(C)C)CC(C)C. The van der Waals surface area contributed by atoms with Gasteiger partial charge < -0.3 is 4.65 Å². The zero-order chi connectivity index (χ0) is 15.0. The van der Waals surface area contributed by atoms with E-state index in [2.05, 4.69) is 60.0 Å². The Morgan fingerprint density at radius 3 is 0.895 bits per heavy atom. The number of nitrogens with one attached hydrogen (secondary N) is 1. The molecule has 0 amide bonds. The lowest BCUT2D eigenvalue weighted by atomic mass is 10.3. The van der Waals surface area contributed by atoms with Crippen LogP contribution >= 0.6 is 0 Å². The molecule has 0 aromatic carbocycles. The smallest absolute Gasteiger partial charge is 0.102 e. The van der Waals surface area contributed by atoms with Gasteiger partial charge >= 0.3 is 0 Å². The van der Waals surface area contributed by atoms with E-state index < -0.39 is 17.9 Å². The van der Waals surface area contributed by atoms with Crippen molar-refractivity contribution in [2.24, 2.45) is 23.7 Å². The van der Waals surface area contributed by atoms with E-state index in [1.54, 1.807) is 0 Å². The third-order valence-electron chi connectivity index (χ3n) is 3.50. The lowest BCUT2D eigenvalue weighted by molar-refractivity contribution is 0.672. The minimum Gasteiger partial charge on any atom is -0.364 e. The minimum absolute atomic E-state index is 0.713. The first-order chi connectivity index (χ1) is 8.70. The maximum absolute atomic E-state index is 4.26. The van der Waals surface area contributed by atoms with Crippen LogP contribution in [0.3, 0.4) is 0 Å². The summed E-state index contributed by atoms with van der Waals surface area (Å²) in [5.74, 6) is 3.48. The van der Waals surface area contributed by atoms with Gasteiger partial charge in [-0.2, -0.15) is 0 Å². The van der Waals surface area contributed by atoms with Crippen LogP contribution in [0.1, 0.15) is 55.4 Å². The molecule has 0 saturated heterocycles. The number of hydrogen-bond donors (Lipinski definition) is 1. The van der Waals surface area contributed by atoms with Crippen molar-refractivity contribution in [1.82, 2.24) is 4.65 Å². The molecule has 0 rings (SSSR count). The predicted octanol–water partition coefficient (Wildman–Crippen LogP) is 4.65. The highest BCUT2D eigenvalue weighted by Crippen LogP contribution is 2.17. The molecule has 0 aromatic rings. The molecule has 0 aliphatic carbocycles. The molecule has 0 atom stereocenters. The van der Waals surface area contributed by atoms with Crippen molar-refractivity contribution in [2.45, 2.75) is 79.6 Å². The second kappa shape index (κ2) is 10.2. The summed E-state index contributed by atoms with van der Waals surface area (Å²) in [6.45, 7) is 19.1. The van der Waals surface area contributed by atoms with Crippen LogP contribution < -0.4 is 4.65 Å². The lowest BCUT2D eigenvalue weighted by Gasteiger charge is -2.28. The molecule has 19 heavy (non-hydrogen) atoms. The molecule has 0 bridgehead atoms. The van der Waals surface area contributed by atoms with Crippen molar-refractivity contribution >= 4 is 17.9 Å². The van der Waals surface area contributed by atoms with Gasteiger partial charge in [-0.05, 0) is 47.8 Å². The Balaban J connectivity index is 4.51. The fraction of sp³-hybridized carbons (Fsp3) is 1.00. The molecule has 0 radical (unpaired) electrons. The van der Waals surface area contributed by atoms with E-state index in [1.165, 1.54) is 24.2 Å². The first-order valence-electron chi connectivity index (χ1n) is 8.46. The normalized spacial score (nSPS) is 12.9. The van der Waals surface area contributed by atoms with Gasteiger partial charge in [-0.15, -0.1) is 0 Å². The summed E-state index contributed by atoms with van der Waals surface area (Å²) in [4.78, 5) is 0. The Hall–Kier alpha value is 0.394. The highest BCUT2D eigenvalue weighted by atomic mass is 28.3. The van der Waals surface area contributed by atoms with E-state index >= 15 is 0 Å². The highest BCUT2D eigenvalue weighted by Gasteiger charge is 2.21. The van der Waals surface area contributed by atoms with Gasteiger partial charge in [0.1, 0.15) is 17.9 Å². The van der Waals surface area contributed by atoms with Gasteiger partial charge in [-0.25, -0.2) is 0 Å². The summed E-state index contributed by atoms with van der Waals surface area (Å²) < 4.78 is 4.26. The average Bonchev–Trinajstić information content (AvgIpc) is 2.11. The quantitative estimate of drug-likeness (QED) is 0.579. The second-order valence-corrected chi connectivity index (χ2v) is 14.1. The van der Waals surface area contributed by atoms with Crippen LogP contribution in [-0.2, 0) is 0 Å². The molecular formula is C16H39NSi2. The minimum atomic E-state index is -0.713. The molecule has 0 heterocycles. The van der Waals surface area contributed by atoms with Crippen molar-refractivity contribution in [3.63, 3.8) is 0 Å². The Morgan fingerprint density at radius 2 is 0.737 bits per heavy atom. The van der Waals surface area contributed by atoms with Crippen molar-refractivity contribution < 1.29 is 0 Å². The van der Waals surface area contributed by atoms with Crippen LogP contribution in [0.5, 0.6) is 0 Å². The predicted molar refractivity (Wildman–Crippen MR) is 96.0 cm³/mol. The average molecular weight is 302 g/mol. The molecule has 116 valence electrons. The van der Waals surface area contributed by atoms with E-state index in [0.717, 1.165) is 23.7 Å². The van der Waals surface area contributed by atoms with Crippen LogP contribution in [0.4, 0.5) is 0 Å². The van der Waals surface area contributed by atoms with Crippen molar-refractivity contribution in [3.8, 4) is 0 Å². The molecule has 0 unspecified atom stereocenters. The highest BCUT2D eigenvalue weighted by molar-refractivity contribution is 6.73. The summed E-state index contributed by atoms with van der Waals surface area (Å²) in [6.07, 6.45) is 0. The van der Waals surface area contributed by atoms with Crippen molar-refractivity contribution in [3.05, 3.63) is 0 Å². The molecular weight excluding hydrogens is 262 g/mol. The van der Waals surface area contributed by atoms with Gasteiger partial charge in [0.2, 0.25) is 0 Å². The summed E-state index contributed by atoms with van der Waals surface area (Å²) in [7, 11) is -1.43. The Morgan fingerprint density at radius 1 is 0.526 bits per heavy atom. The van der Waals surface area contributed by atoms with Crippen LogP contribution in [0.2, 0.25) is 24.2 Å². The Bertz CT molecular complexity index is 173. The maximum Gasteiger partial charge on any atom is 0.102 e. The second-order valence-electron chi connectivity index (χ2n) is 8.08. The summed E-state index contributed by atoms with van der Waals surface area (Å²) >= 11 is 0. The van der Waals surface area contributed by atoms with Gasteiger partial charge in [-0.1, -0.05) is 55.4 Å². The molecule has 0 fully saturated rings. The summed E-state index contributed by atoms with van der Waals surface area (Å²) in [5, 5.41) is 0.